The Labute approximate surface area is 786 Å². The zero-order valence-electron chi connectivity index (χ0n) is 78.0. The lowest BCUT2D eigenvalue weighted by Gasteiger charge is -2.29. The van der Waals surface area contributed by atoms with Crippen LogP contribution in [0.2, 0.25) is 0 Å². The van der Waals surface area contributed by atoms with E-state index in [1.54, 1.807) is 89.6 Å². The number of nitrogens with one attached hydrogen (secondary N) is 8. The highest BCUT2D eigenvalue weighted by Crippen LogP contribution is 2.48. The van der Waals surface area contributed by atoms with Crippen LogP contribution in [0.15, 0.2) is 143 Å². The first kappa shape index (κ1) is 102. The number of anilines is 4. The minimum absolute atomic E-state index is 0.0120. The first-order valence-electron chi connectivity index (χ1n) is 45.2. The molecule has 8 aromatic rings. The molecule has 0 unspecified atom stereocenters. The number of amides is 6. The molecule has 4 aliphatic rings. The van der Waals surface area contributed by atoms with Crippen LogP contribution in [0.1, 0.15) is 191 Å². The van der Waals surface area contributed by atoms with E-state index >= 15 is 0 Å². The fourth-order valence-electron chi connectivity index (χ4n) is 16.1. The number of likely N-dealkylation sites (tertiary alicyclic amines) is 2. The third-order valence-electron chi connectivity index (χ3n) is 23.1. The maximum absolute atomic E-state index is 14.5. The summed E-state index contributed by atoms with van der Waals surface area (Å²) in [5, 5.41) is 34.2. The predicted molar refractivity (Wildman–Crippen MR) is 514 cm³/mol. The predicted octanol–water partition coefficient (Wildman–Crippen LogP) is 15.6. The highest BCUT2D eigenvalue weighted by molar-refractivity contribution is 7.90. The molecule has 0 radical (unpaired) electrons. The average molecular weight is 1910 g/mol. The van der Waals surface area contributed by atoms with Gasteiger partial charge in [0, 0.05) is 115 Å². The van der Waals surface area contributed by atoms with Crippen LogP contribution in [0.5, 0.6) is 23.0 Å². The molecule has 4 aromatic heterocycles. The number of unbranched alkanes of at least 4 members (excludes halogenated alkanes) is 10. The summed E-state index contributed by atoms with van der Waals surface area (Å²) in [5.41, 5.74) is -0.372. The summed E-state index contributed by atoms with van der Waals surface area (Å²) in [6.45, 7) is 27.8. The number of aliphatic carboxylic acids is 1. The number of carbonyl (C=O) groups excluding carboxylic acids is 7. The zero-order valence-corrected chi connectivity index (χ0v) is 81.2. The second-order valence-corrected chi connectivity index (χ2v) is 41.8. The van der Waals surface area contributed by atoms with Crippen molar-refractivity contribution in [1.82, 2.24) is 49.8 Å². The molecule has 718 valence electrons. The Morgan fingerprint density at radius 3 is 1.35 bits per heavy atom. The van der Waals surface area contributed by atoms with Crippen molar-refractivity contribution in [1.29, 1.82) is 0 Å². The molecule has 37 heteroatoms. The van der Waals surface area contributed by atoms with Crippen molar-refractivity contribution in [2.24, 2.45) is 17.3 Å². The van der Waals surface area contributed by atoms with Gasteiger partial charge >= 0.3 is 18.0 Å². The van der Waals surface area contributed by atoms with Gasteiger partial charge in [-0.2, -0.15) is 0 Å². The Balaban J connectivity index is 0.000000256. The number of benzene rings is 4. The fourth-order valence-corrected chi connectivity index (χ4v) is 20.3. The van der Waals surface area contributed by atoms with E-state index in [-0.39, 0.29) is 85.4 Å². The summed E-state index contributed by atoms with van der Waals surface area (Å²) in [5.74, 6) is -3.44. The van der Waals surface area contributed by atoms with Crippen molar-refractivity contribution in [3.8, 4) is 45.8 Å². The minimum Gasteiger partial charge on any atom is -0.497 e. The highest BCUT2D eigenvalue weighted by atomic mass is 32.2. The summed E-state index contributed by atoms with van der Waals surface area (Å²) in [6, 6.07) is 25.2. The van der Waals surface area contributed by atoms with E-state index in [9.17, 15) is 55.2 Å². The van der Waals surface area contributed by atoms with Gasteiger partial charge in [-0.1, -0.05) is 109 Å². The number of aromatic nitrogens is 4. The number of para-hydroxylation sites is 2. The highest BCUT2D eigenvalue weighted by Gasteiger charge is 2.63. The molecular weight excluding hydrogens is 1780 g/mol. The zero-order chi connectivity index (χ0) is 96.3. The number of nitrogens with zero attached hydrogens (tertiary/aromatic N) is 6. The van der Waals surface area contributed by atoms with Crippen molar-refractivity contribution < 1.29 is 88.7 Å². The van der Waals surface area contributed by atoms with Crippen molar-refractivity contribution in [3.05, 3.63) is 133 Å². The summed E-state index contributed by atoms with van der Waals surface area (Å²) < 4.78 is 94.9. The van der Waals surface area contributed by atoms with E-state index in [0.29, 0.717) is 105 Å². The topological polar surface area (TPSA) is 435 Å². The SMILES string of the molecule is C=C[C@@H]1C[C@]1(NC(=O)[C@@H]1C[C@@H](Oc2cc(-c3csc(NC(C)C)n3)nc3cc(OC)ccc23)CN1C(=O)CC(C)(C)C)C(=O)NS(=O)(=O)c1ccccc1NCCCCCCCCC(=O)OC.C=C[C@@H]1C[C@]1(NC(=O)[C@@H]1C[C@@H](Oc2cc(-c3csc(NC(C)C)n3)nc3cc(OC)ccc23)CN1C(=O)OC(C)(C)C)C(=O)NS(=O)(=O)c1ccccc1NCCCCCCCCC(=O)O. The van der Waals surface area contributed by atoms with Gasteiger partial charge in [0.2, 0.25) is 17.7 Å². The molecular formula is C96H126N14O19S4. The number of ether oxygens (including phenoxy) is 6. The third-order valence-corrected chi connectivity index (χ3v) is 27.4. The monoisotopic (exact) mass is 1910 g/mol. The molecule has 4 aromatic carbocycles. The van der Waals surface area contributed by atoms with Gasteiger partial charge in [-0.25, -0.2) is 51.0 Å². The molecule has 0 spiro atoms. The van der Waals surface area contributed by atoms with Crippen LogP contribution in [-0.4, -0.2) is 200 Å². The molecule has 2 aliphatic carbocycles. The number of pyridine rings is 2. The number of esters is 1. The molecule has 4 fully saturated rings. The number of hydrogen-bond acceptors (Lipinski definition) is 28. The van der Waals surface area contributed by atoms with Crippen LogP contribution >= 0.6 is 22.7 Å². The van der Waals surface area contributed by atoms with Crippen LogP contribution in [0, 0.1) is 17.3 Å². The van der Waals surface area contributed by atoms with Crippen LogP contribution in [0.4, 0.5) is 26.4 Å². The maximum Gasteiger partial charge on any atom is 0.411 e. The lowest BCUT2D eigenvalue weighted by molar-refractivity contribution is -0.141. The molecule has 8 atom stereocenters. The standard InChI is InChI=1S/C49H65N7O9S2.C47H61N7O10S2/c1-9-32-27-49(32,46(60)55-67(61,62)42-19-16-15-18-36(42)50-23-17-13-11-10-12-14-20-44(58)64-8)54-45(59)40-25-34(29-56(40)43(57)28-48(4,5)6)65-41-26-38(39-30-66-47(53-39)51-31(2)3)52-37-24-33(63-7)21-22-35(37)41;1-8-30-26-47(30,43(58)53-66(60,61)40-18-15-14-17-34(40)48-22-16-12-10-9-11-13-19-41(55)56)52-42(57)38-24-32(27-54(38)45(59)64-46(4,5)6)63-39-25-36(37-28-65-44(51-37)49-29(2)3)50-35-23-31(62-7)20-21-33(35)39/h9,15-16,18-19,21-22,24,26,30-32,34,40,50H,1,10-14,17,20,23,25,27-29H2,2-8H3,(H,51,53)(H,54,59)(H,55,60);8,14-15,17-18,20-21,23,25,28-30,32,38,48H,1,9-13,16,19,22,24,26-27H2,2-7H3,(H,49,51)(H,52,57)(H,53,58)(H,55,56)/t32-,34-,40+,49-;30-,32-,38+,47-/m11/s1. The van der Waals surface area contributed by atoms with E-state index in [4.69, 9.17) is 48.7 Å². The van der Waals surface area contributed by atoms with Gasteiger partial charge in [-0.15, -0.1) is 35.8 Å². The van der Waals surface area contributed by atoms with Gasteiger partial charge in [0.1, 0.15) is 85.1 Å². The normalized spacial score (nSPS) is 19.2. The van der Waals surface area contributed by atoms with Gasteiger partial charge in [-0.3, -0.25) is 38.5 Å². The van der Waals surface area contributed by atoms with Crippen molar-refractivity contribution in [2.75, 3.05) is 68.8 Å². The molecule has 6 amide bonds. The number of carbonyl (C=O) groups is 8. The van der Waals surface area contributed by atoms with Gasteiger partial charge in [0.25, 0.3) is 31.9 Å². The van der Waals surface area contributed by atoms with Gasteiger partial charge in [0.15, 0.2) is 10.3 Å². The van der Waals surface area contributed by atoms with Crippen molar-refractivity contribution in [3.63, 3.8) is 0 Å². The van der Waals surface area contributed by atoms with Crippen LogP contribution < -0.4 is 60.3 Å². The molecule has 2 aliphatic heterocycles. The Morgan fingerprint density at radius 1 is 0.541 bits per heavy atom. The van der Waals surface area contributed by atoms with Gasteiger partial charge < -0.3 is 70.3 Å². The maximum atomic E-state index is 14.5. The Kier molecular flexibility index (Phi) is 34.4. The van der Waals surface area contributed by atoms with E-state index < -0.39 is 114 Å². The molecule has 2 saturated carbocycles. The number of rotatable bonds is 45. The largest absolute Gasteiger partial charge is 0.497 e. The average Bonchev–Trinajstić information content (AvgIpc) is 1.58. The molecule has 0 bridgehead atoms. The molecule has 2 saturated heterocycles. The van der Waals surface area contributed by atoms with Crippen molar-refractivity contribution >= 4 is 134 Å². The Hall–Kier alpha value is -11.7. The first-order valence-corrected chi connectivity index (χ1v) is 49.9. The number of sulfonamides is 2. The summed E-state index contributed by atoms with van der Waals surface area (Å²) >= 11 is 2.91. The molecule has 12 rings (SSSR count). The number of thiazole rings is 2. The van der Waals surface area contributed by atoms with E-state index in [1.165, 1.54) is 63.9 Å². The lowest BCUT2D eigenvalue weighted by Crippen LogP contribution is -2.56. The first-order chi connectivity index (χ1) is 63.2. The van der Waals surface area contributed by atoms with Crippen LogP contribution in [0.25, 0.3) is 44.6 Å². The minimum atomic E-state index is -4.44. The molecule has 6 heterocycles. The summed E-state index contributed by atoms with van der Waals surface area (Å²) in [7, 11) is -4.33. The second kappa shape index (κ2) is 44.9. The second-order valence-electron chi connectivity index (χ2n) is 36.8. The van der Waals surface area contributed by atoms with Crippen molar-refractivity contribution in [2.45, 2.75) is 254 Å². The Bertz CT molecular complexity index is 5760. The van der Waals surface area contributed by atoms with Gasteiger partial charge in [-0.05, 0) is 141 Å². The number of carboxylic acids is 1. The van der Waals surface area contributed by atoms with E-state index in [0.717, 1.165) is 80.9 Å². The molecule has 133 heavy (non-hydrogen) atoms. The lowest BCUT2D eigenvalue weighted by atomic mass is 9.91. The quantitative estimate of drug-likeness (QED) is 0.00972. The van der Waals surface area contributed by atoms with Crippen LogP contribution in [0.3, 0.4) is 0 Å². The van der Waals surface area contributed by atoms with Gasteiger partial charge in [0.05, 0.1) is 68.2 Å². The van der Waals surface area contributed by atoms with E-state index in [1.807, 2.05) is 89.6 Å². The smallest absolute Gasteiger partial charge is 0.411 e. The van der Waals surface area contributed by atoms with E-state index in [2.05, 4.69) is 59.2 Å². The number of carboxylic acid groups (broad SMARTS) is 1. The number of fused-ring (bicyclic) bond motifs is 2. The third kappa shape index (κ3) is 27.3. The number of hydrogen-bond donors (Lipinski definition) is 9. The molecule has 9 N–H and O–H groups in total. The van der Waals surface area contributed by atoms with Crippen LogP contribution in [-0.2, 0) is 63.1 Å². The molecule has 33 nitrogen and oxygen atoms in total. The Morgan fingerprint density at radius 2 is 0.955 bits per heavy atom. The summed E-state index contributed by atoms with van der Waals surface area (Å²) in [6.07, 6.45) is 12.2. The fraction of sp³-hybridized carbons (Fsp3) is 0.500. The summed E-state index contributed by atoms with van der Waals surface area (Å²) in [4.78, 5) is 129. The number of methoxy groups -OCH3 is 3.